The lowest BCUT2D eigenvalue weighted by Crippen LogP contribution is -2.31. The van der Waals surface area contributed by atoms with E-state index >= 15 is 0 Å². The van der Waals surface area contributed by atoms with Crippen molar-refractivity contribution in [2.45, 2.75) is 31.7 Å². The molecule has 114 valence electrons. The maximum Gasteiger partial charge on any atom is 0.242 e. The first kappa shape index (κ1) is 16.9. The van der Waals surface area contributed by atoms with Gasteiger partial charge in [-0.15, -0.1) is 0 Å². The number of hydrogen-bond donors (Lipinski definition) is 1. The number of nitrogens with two attached hydrogens (primary N) is 1. The highest BCUT2D eigenvalue weighted by atomic mass is 32.2. The van der Waals surface area contributed by atoms with Gasteiger partial charge >= 0.3 is 0 Å². The van der Waals surface area contributed by atoms with E-state index in [0.717, 1.165) is 6.42 Å². The summed E-state index contributed by atoms with van der Waals surface area (Å²) < 4.78 is 31.5. The lowest BCUT2D eigenvalue weighted by molar-refractivity contribution is 0.393. The van der Waals surface area contributed by atoms with Crippen LogP contribution in [0.5, 0.6) is 5.75 Å². The molecule has 2 N–H and O–H groups in total. The Kier molecular flexibility index (Phi) is 5.98. The minimum absolute atomic E-state index is 0.238. The fourth-order valence-corrected chi connectivity index (χ4v) is 3.26. The number of sulfonamides is 1. The molecule has 0 aliphatic rings. The molecule has 0 heterocycles. The van der Waals surface area contributed by atoms with Crippen molar-refractivity contribution in [2.75, 3.05) is 20.7 Å². The van der Waals surface area contributed by atoms with Crippen LogP contribution in [0.1, 0.15) is 25.8 Å². The van der Waals surface area contributed by atoms with Crippen molar-refractivity contribution in [1.82, 2.24) is 4.31 Å². The van der Waals surface area contributed by atoms with Gasteiger partial charge in [0.1, 0.15) is 5.75 Å². The predicted octanol–water partition coefficient (Wildman–Crippen LogP) is 1.82. The average molecular weight is 300 g/mol. The van der Waals surface area contributed by atoms with Crippen LogP contribution in [0.25, 0.3) is 0 Å². The molecule has 1 unspecified atom stereocenters. The Morgan fingerprint density at radius 3 is 2.55 bits per heavy atom. The minimum atomic E-state index is -3.48. The first-order valence-corrected chi connectivity index (χ1v) is 8.14. The van der Waals surface area contributed by atoms with Crippen LogP contribution in [0.15, 0.2) is 23.1 Å². The molecule has 1 aromatic carbocycles. The predicted molar refractivity (Wildman–Crippen MR) is 80.2 cm³/mol. The Morgan fingerprint density at radius 1 is 1.40 bits per heavy atom. The van der Waals surface area contributed by atoms with E-state index in [2.05, 4.69) is 0 Å². The highest BCUT2D eigenvalue weighted by Gasteiger charge is 2.23. The molecule has 0 saturated carbocycles. The van der Waals surface area contributed by atoms with Crippen molar-refractivity contribution in [3.63, 3.8) is 0 Å². The van der Waals surface area contributed by atoms with Crippen LogP contribution in [0, 0.1) is 5.92 Å². The molecule has 0 aromatic heterocycles. The molecule has 0 radical (unpaired) electrons. The highest BCUT2D eigenvalue weighted by Crippen LogP contribution is 2.24. The van der Waals surface area contributed by atoms with Crippen LogP contribution in [-0.2, 0) is 16.6 Å². The monoisotopic (exact) mass is 300 g/mol. The van der Waals surface area contributed by atoms with Gasteiger partial charge in [0.25, 0.3) is 0 Å². The van der Waals surface area contributed by atoms with E-state index in [9.17, 15) is 8.42 Å². The summed E-state index contributed by atoms with van der Waals surface area (Å²) in [6.07, 6.45) is 0.941. The molecule has 0 fully saturated rings. The van der Waals surface area contributed by atoms with Crippen LogP contribution in [0.4, 0.5) is 0 Å². The number of benzene rings is 1. The van der Waals surface area contributed by atoms with Crippen LogP contribution >= 0.6 is 0 Å². The normalized spacial score (nSPS) is 13.5. The van der Waals surface area contributed by atoms with E-state index in [1.807, 2.05) is 13.8 Å². The highest BCUT2D eigenvalue weighted by molar-refractivity contribution is 7.89. The quantitative estimate of drug-likeness (QED) is 0.833. The fraction of sp³-hybridized carbons (Fsp3) is 0.571. The zero-order valence-electron chi connectivity index (χ0n) is 12.6. The summed E-state index contributed by atoms with van der Waals surface area (Å²) in [7, 11) is -0.335. The SMILES string of the molecule is CCC(C)CN(C)S(=O)(=O)c1ccc(OC)c(CN)c1. The van der Waals surface area contributed by atoms with Gasteiger partial charge in [0.15, 0.2) is 0 Å². The van der Waals surface area contributed by atoms with E-state index in [1.54, 1.807) is 25.2 Å². The minimum Gasteiger partial charge on any atom is -0.496 e. The van der Waals surface area contributed by atoms with Crippen molar-refractivity contribution < 1.29 is 13.2 Å². The topological polar surface area (TPSA) is 72.6 Å². The smallest absolute Gasteiger partial charge is 0.242 e. The molecule has 0 spiro atoms. The third-order valence-corrected chi connectivity index (χ3v) is 5.27. The summed E-state index contributed by atoms with van der Waals surface area (Å²) in [6.45, 7) is 4.82. The maximum absolute atomic E-state index is 12.5. The van der Waals surface area contributed by atoms with Gasteiger partial charge in [-0.2, -0.15) is 0 Å². The molecule has 0 aliphatic carbocycles. The van der Waals surface area contributed by atoms with E-state index in [4.69, 9.17) is 10.5 Å². The molecule has 0 saturated heterocycles. The third-order valence-electron chi connectivity index (χ3n) is 3.45. The van der Waals surface area contributed by atoms with Gasteiger partial charge in [-0.1, -0.05) is 20.3 Å². The first-order valence-electron chi connectivity index (χ1n) is 6.70. The van der Waals surface area contributed by atoms with Gasteiger partial charge in [-0.3, -0.25) is 0 Å². The number of ether oxygens (including phenoxy) is 1. The van der Waals surface area contributed by atoms with Gasteiger partial charge in [-0.05, 0) is 24.1 Å². The zero-order valence-corrected chi connectivity index (χ0v) is 13.4. The molecule has 0 amide bonds. The van der Waals surface area contributed by atoms with E-state index in [1.165, 1.54) is 11.4 Å². The Hall–Kier alpha value is -1.11. The second-order valence-corrected chi connectivity index (χ2v) is 7.02. The summed E-state index contributed by atoms with van der Waals surface area (Å²) in [5.74, 6) is 0.929. The molecule has 1 rings (SSSR count). The molecule has 1 aromatic rings. The van der Waals surface area contributed by atoms with Crippen molar-refractivity contribution in [3.05, 3.63) is 23.8 Å². The summed E-state index contributed by atoms with van der Waals surface area (Å²) >= 11 is 0. The Morgan fingerprint density at radius 2 is 2.05 bits per heavy atom. The molecule has 0 aliphatic heterocycles. The number of hydrogen-bond acceptors (Lipinski definition) is 4. The van der Waals surface area contributed by atoms with Gasteiger partial charge in [0.2, 0.25) is 10.0 Å². The van der Waals surface area contributed by atoms with Crippen molar-refractivity contribution in [3.8, 4) is 5.75 Å². The van der Waals surface area contributed by atoms with Crippen LogP contribution in [0.3, 0.4) is 0 Å². The molecule has 1 atom stereocenters. The van der Waals surface area contributed by atoms with E-state index in [0.29, 0.717) is 23.8 Å². The molecule has 6 heteroatoms. The van der Waals surface area contributed by atoms with Crippen molar-refractivity contribution >= 4 is 10.0 Å². The zero-order chi connectivity index (χ0) is 15.3. The lowest BCUT2D eigenvalue weighted by atomic mass is 10.1. The summed E-state index contributed by atoms with van der Waals surface area (Å²) in [4.78, 5) is 0.254. The number of rotatable bonds is 7. The largest absolute Gasteiger partial charge is 0.496 e. The summed E-state index contributed by atoms with van der Waals surface area (Å²) in [5.41, 5.74) is 6.31. The maximum atomic E-state index is 12.5. The first-order chi connectivity index (χ1) is 9.36. The van der Waals surface area contributed by atoms with E-state index < -0.39 is 10.0 Å². The van der Waals surface area contributed by atoms with E-state index in [-0.39, 0.29) is 11.4 Å². The number of methoxy groups -OCH3 is 1. The van der Waals surface area contributed by atoms with Crippen LogP contribution < -0.4 is 10.5 Å². The standard InChI is InChI=1S/C14H24N2O3S/c1-5-11(2)10-16(3)20(17,18)13-6-7-14(19-4)12(8-13)9-15/h6-8,11H,5,9-10,15H2,1-4H3. The van der Waals surface area contributed by atoms with Crippen LogP contribution in [-0.4, -0.2) is 33.4 Å². The second kappa shape index (κ2) is 7.06. The van der Waals surface area contributed by atoms with Crippen molar-refractivity contribution in [1.29, 1.82) is 0 Å². The Bertz CT molecular complexity index is 543. The Balaban J connectivity index is 3.09. The van der Waals surface area contributed by atoms with Crippen molar-refractivity contribution in [2.24, 2.45) is 11.7 Å². The summed E-state index contributed by atoms with van der Waals surface area (Å²) in [5, 5.41) is 0. The average Bonchev–Trinajstić information content (AvgIpc) is 2.45. The second-order valence-electron chi connectivity index (χ2n) is 4.98. The summed E-state index contributed by atoms with van der Waals surface area (Å²) in [6, 6.07) is 4.79. The fourth-order valence-electron chi connectivity index (χ4n) is 1.92. The molecule has 5 nitrogen and oxygen atoms in total. The number of nitrogens with zero attached hydrogens (tertiary/aromatic N) is 1. The van der Waals surface area contributed by atoms with Crippen LogP contribution in [0.2, 0.25) is 0 Å². The Labute approximate surface area is 121 Å². The molecular formula is C14H24N2O3S. The third kappa shape index (κ3) is 3.71. The lowest BCUT2D eigenvalue weighted by Gasteiger charge is -2.21. The molecular weight excluding hydrogens is 276 g/mol. The van der Waals surface area contributed by atoms with Gasteiger partial charge in [0.05, 0.1) is 12.0 Å². The molecule has 20 heavy (non-hydrogen) atoms. The molecule has 0 bridgehead atoms. The van der Waals surface area contributed by atoms with Gasteiger partial charge < -0.3 is 10.5 Å². The van der Waals surface area contributed by atoms with Gasteiger partial charge in [-0.25, -0.2) is 12.7 Å². The van der Waals surface area contributed by atoms with Gasteiger partial charge in [0, 0.05) is 25.7 Å².